The van der Waals surface area contributed by atoms with Crippen molar-refractivity contribution in [2.24, 2.45) is 5.73 Å². The molecule has 5 nitrogen and oxygen atoms in total. The summed E-state index contributed by atoms with van der Waals surface area (Å²) in [6, 6.07) is -0.552. The fourth-order valence-electron chi connectivity index (χ4n) is 1.25. The van der Waals surface area contributed by atoms with Gasteiger partial charge in [0.05, 0.1) is 0 Å². The van der Waals surface area contributed by atoms with E-state index in [1.54, 1.807) is 20.8 Å². The molecule has 1 atom stereocenters. The van der Waals surface area contributed by atoms with Gasteiger partial charge in [-0.05, 0) is 41.5 Å². The van der Waals surface area contributed by atoms with Crippen molar-refractivity contribution < 1.29 is 9.59 Å². The molecule has 2 amide bonds. The first-order valence-electron chi connectivity index (χ1n) is 5.81. The first-order chi connectivity index (χ1) is 7.41. The Kier molecular flexibility index (Phi) is 5.13. The van der Waals surface area contributed by atoms with Crippen molar-refractivity contribution in [1.82, 2.24) is 10.6 Å². The highest BCUT2D eigenvalue weighted by Crippen LogP contribution is 2.04. The fourth-order valence-corrected chi connectivity index (χ4v) is 1.25. The molecule has 4 N–H and O–H groups in total. The van der Waals surface area contributed by atoms with Crippen LogP contribution in [0, 0.1) is 0 Å². The lowest BCUT2D eigenvalue weighted by Gasteiger charge is -2.24. The summed E-state index contributed by atoms with van der Waals surface area (Å²) < 4.78 is 0. The number of carbonyl (C=O) groups is 2. The molecule has 0 aliphatic rings. The summed E-state index contributed by atoms with van der Waals surface area (Å²) in [4.78, 5) is 23.3. The number of hydrogen-bond acceptors (Lipinski definition) is 3. The Hall–Kier alpha value is -1.10. The summed E-state index contributed by atoms with van der Waals surface area (Å²) in [6.45, 7) is 10.9. The highest BCUT2D eigenvalue weighted by molar-refractivity contribution is 5.87. The average Bonchev–Trinajstić information content (AvgIpc) is 1.95. The minimum Gasteiger partial charge on any atom is -0.350 e. The van der Waals surface area contributed by atoms with Gasteiger partial charge in [-0.3, -0.25) is 9.59 Å². The molecule has 1 unspecified atom stereocenters. The normalized spacial score (nSPS) is 14.1. The van der Waals surface area contributed by atoms with Gasteiger partial charge in [0.15, 0.2) is 0 Å². The standard InChI is InChI=1S/C12H25N3O2/c1-8(10(17)15-11(2,3)4)14-9(16)7-12(5,6)13/h8H,7,13H2,1-6H3,(H,14,16)(H,15,17). The van der Waals surface area contributed by atoms with Crippen molar-refractivity contribution in [3.8, 4) is 0 Å². The smallest absolute Gasteiger partial charge is 0.242 e. The van der Waals surface area contributed by atoms with Crippen molar-refractivity contribution in [2.45, 2.75) is 65.1 Å². The molecule has 0 aliphatic heterocycles. The van der Waals surface area contributed by atoms with E-state index in [2.05, 4.69) is 10.6 Å². The van der Waals surface area contributed by atoms with Gasteiger partial charge in [-0.15, -0.1) is 0 Å². The Morgan fingerprint density at radius 2 is 1.65 bits per heavy atom. The molecule has 0 saturated heterocycles. The van der Waals surface area contributed by atoms with Gasteiger partial charge in [0.1, 0.15) is 6.04 Å². The van der Waals surface area contributed by atoms with Gasteiger partial charge in [-0.2, -0.15) is 0 Å². The highest BCUT2D eigenvalue weighted by Gasteiger charge is 2.22. The Labute approximate surface area is 104 Å². The topological polar surface area (TPSA) is 84.2 Å². The molecule has 0 aromatic carbocycles. The van der Waals surface area contributed by atoms with Crippen LogP contribution in [-0.2, 0) is 9.59 Å². The summed E-state index contributed by atoms with van der Waals surface area (Å²) in [6.07, 6.45) is 0.195. The maximum atomic E-state index is 11.7. The van der Waals surface area contributed by atoms with Gasteiger partial charge in [0.2, 0.25) is 11.8 Å². The lowest BCUT2D eigenvalue weighted by molar-refractivity contribution is -0.129. The van der Waals surface area contributed by atoms with Crippen molar-refractivity contribution in [3.05, 3.63) is 0 Å². The third kappa shape index (κ3) is 8.68. The molecule has 0 bridgehead atoms. The van der Waals surface area contributed by atoms with Gasteiger partial charge < -0.3 is 16.4 Å². The fraction of sp³-hybridized carbons (Fsp3) is 0.833. The van der Waals surface area contributed by atoms with Crippen molar-refractivity contribution >= 4 is 11.8 Å². The second kappa shape index (κ2) is 5.49. The van der Waals surface area contributed by atoms with Crippen molar-refractivity contribution in [1.29, 1.82) is 0 Å². The van der Waals surface area contributed by atoms with E-state index >= 15 is 0 Å². The molecule has 0 heterocycles. The molecule has 0 radical (unpaired) electrons. The molecular formula is C12H25N3O2. The first kappa shape index (κ1) is 15.9. The van der Waals surface area contributed by atoms with Crippen LogP contribution in [0.4, 0.5) is 0 Å². The van der Waals surface area contributed by atoms with Crippen LogP contribution in [0.1, 0.15) is 48.0 Å². The quantitative estimate of drug-likeness (QED) is 0.673. The van der Waals surface area contributed by atoms with E-state index < -0.39 is 11.6 Å². The second-order valence-corrected chi connectivity index (χ2v) is 6.19. The van der Waals surface area contributed by atoms with Gasteiger partial charge >= 0.3 is 0 Å². The summed E-state index contributed by atoms with van der Waals surface area (Å²) in [7, 11) is 0. The van der Waals surface area contributed by atoms with Crippen LogP contribution in [0.3, 0.4) is 0 Å². The predicted molar refractivity (Wildman–Crippen MR) is 68.4 cm³/mol. The molecule has 100 valence electrons. The van der Waals surface area contributed by atoms with Crippen LogP contribution in [0.5, 0.6) is 0 Å². The SMILES string of the molecule is CC(NC(=O)CC(C)(C)N)C(=O)NC(C)(C)C. The molecule has 0 rings (SSSR count). The van der Waals surface area contributed by atoms with Crippen LogP contribution < -0.4 is 16.4 Å². The van der Waals surface area contributed by atoms with Crippen LogP contribution in [0.2, 0.25) is 0 Å². The molecule has 0 fully saturated rings. The van der Waals surface area contributed by atoms with Crippen LogP contribution in [0.15, 0.2) is 0 Å². The van der Waals surface area contributed by atoms with Crippen LogP contribution in [-0.4, -0.2) is 28.9 Å². The largest absolute Gasteiger partial charge is 0.350 e. The molecule has 0 aromatic heterocycles. The summed E-state index contributed by atoms with van der Waals surface area (Å²) >= 11 is 0. The third-order valence-corrected chi connectivity index (χ3v) is 1.89. The Morgan fingerprint density at radius 3 is 2.00 bits per heavy atom. The minimum absolute atomic E-state index is 0.194. The number of hydrogen-bond donors (Lipinski definition) is 3. The molecule has 0 saturated carbocycles. The van der Waals surface area contributed by atoms with Crippen molar-refractivity contribution in [2.75, 3.05) is 0 Å². The second-order valence-electron chi connectivity index (χ2n) is 6.19. The zero-order chi connectivity index (χ0) is 13.9. The predicted octanol–water partition coefficient (Wildman–Crippen LogP) is 0.533. The van der Waals surface area contributed by atoms with Crippen LogP contribution >= 0.6 is 0 Å². The summed E-state index contributed by atoms with van der Waals surface area (Å²) in [5.41, 5.74) is 4.86. The summed E-state index contributed by atoms with van der Waals surface area (Å²) in [5, 5.41) is 5.43. The lowest BCUT2D eigenvalue weighted by Crippen LogP contribution is -2.52. The Morgan fingerprint density at radius 1 is 1.18 bits per heavy atom. The number of rotatable bonds is 4. The third-order valence-electron chi connectivity index (χ3n) is 1.89. The maximum absolute atomic E-state index is 11.7. The van der Waals surface area contributed by atoms with Crippen LogP contribution in [0.25, 0.3) is 0 Å². The van der Waals surface area contributed by atoms with E-state index in [0.29, 0.717) is 0 Å². The Bertz CT molecular complexity index is 287. The molecule has 5 heteroatoms. The number of nitrogens with one attached hydrogen (secondary N) is 2. The van der Waals surface area contributed by atoms with Gasteiger partial charge in [0, 0.05) is 17.5 Å². The van der Waals surface area contributed by atoms with E-state index in [9.17, 15) is 9.59 Å². The lowest BCUT2D eigenvalue weighted by atomic mass is 10.0. The molecular weight excluding hydrogens is 218 g/mol. The zero-order valence-corrected chi connectivity index (χ0v) is 11.7. The average molecular weight is 243 g/mol. The zero-order valence-electron chi connectivity index (χ0n) is 11.7. The monoisotopic (exact) mass is 243 g/mol. The van der Waals surface area contributed by atoms with Gasteiger partial charge in [-0.25, -0.2) is 0 Å². The van der Waals surface area contributed by atoms with E-state index in [-0.39, 0.29) is 23.8 Å². The highest BCUT2D eigenvalue weighted by atomic mass is 16.2. The minimum atomic E-state index is -0.565. The maximum Gasteiger partial charge on any atom is 0.242 e. The molecule has 0 spiro atoms. The number of carbonyl (C=O) groups excluding carboxylic acids is 2. The number of amides is 2. The Balaban J connectivity index is 4.22. The molecule has 0 aliphatic carbocycles. The van der Waals surface area contributed by atoms with E-state index in [1.165, 1.54) is 0 Å². The summed E-state index contributed by atoms with van der Waals surface area (Å²) in [5.74, 6) is -0.408. The van der Waals surface area contributed by atoms with E-state index in [4.69, 9.17) is 5.73 Å². The molecule has 17 heavy (non-hydrogen) atoms. The first-order valence-corrected chi connectivity index (χ1v) is 5.81. The van der Waals surface area contributed by atoms with E-state index in [1.807, 2.05) is 20.8 Å². The van der Waals surface area contributed by atoms with Gasteiger partial charge in [-0.1, -0.05) is 0 Å². The van der Waals surface area contributed by atoms with E-state index in [0.717, 1.165) is 0 Å². The number of nitrogens with two attached hydrogens (primary N) is 1. The van der Waals surface area contributed by atoms with Crippen molar-refractivity contribution in [3.63, 3.8) is 0 Å². The molecule has 0 aromatic rings. The van der Waals surface area contributed by atoms with Gasteiger partial charge in [0.25, 0.3) is 0 Å².